The van der Waals surface area contributed by atoms with Crippen LogP contribution in [0.15, 0.2) is 35.6 Å². The first kappa shape index (κ1) is 10.5. The van der Waals surface area contributed by atoms with E-state index in [1.54, 1.807) is 0 Å². The summed E-state index contributed by atoms with van der Waals surface area (Å²) in [6.07, 6.45) is 8.94. The molecule has 82 valence electrons. The Kier molecular flexibility index (Phi) is 3.27. The molecule has 2 nitrogen and oxygen atoms in total. The Morgan fingerprint density at radius 1 is 1.27 bits per heavy atom. The summed E-state index contributed by atoms with van der Waals surface area (Å²) in [5.41, 5.74) is 2.75. The average molecular weight is 205 g/mol. The number of hydrogen-bond donors (Lipinski definition) is 0. The SMILES string of the molecule is CC1=CC=C(N2CCOCC2)C(C)C=C1. The number of nitrogens with zero attached hydrogens (tertiary/aromatic N) is 1. The number of morpholine rings is 1. The summed E-state index contributed by atoms with van der Waals surface area (Å²) in [5, 5.41) is 0. The summed E-state index contributed by atoms with van der Waals surface area (Å²) in [7, 11) is 0. The minimum Gasteiger partial charge on any atom is -0.378 e. The minimum atomic E-state index is 0.511. The van der Waals surface area contributed by atoms with Gasteiger partial charge in [0.2, 0.25) is 0 Å². The largest absolute Gasteiger partial charge is 0.378 e. The van der Waals surface area contributed by atoms with E-state index in [2.05, 4.69) is 43.1 Å². The third kappa shape index (κ3) is 2.51. The fraction of sp³-hybridized carbons (Fsp3) is 0.538. The first-order chi connectivity index (χ1) is 7.27. The van der Waals surface area contributed by atoms with E-state index in [-0.39, 0.29) is 0 Å². The predicted octanol–water partition coefficient (Wildman–Crippen LogP) is 2.35. The molecule has 2 rings (SSSR count). The van der Waals surface area contributed by atoms with Crippen LogP contribution in [-0.4, -0.2) is 31.2 Å². The van der Waals surface area contributed by atoms with Crippen LogP contribution in [0.3, 0.4) is 0 Å². The second kappa shape index (κ2) is 4.67. The van der Waals surface area contributed by atoms with Gasteiger partial charge in [-0.3, -0.25) is 0 Å². The molecule has 1 unspecified atom stereocenters. The molecule has 1 saturated heterocycles. The van der Waals surface area contributed by atoms with Crippen molar-refractivity contribution in [3.8, 4) is 0 Å². The number of hydrogen-bond acceptors (Lipinski definition) is 2. The van der Waals surface area contributed by atoms with Gasteiger partial charge in [0.25, 0.3) is 0 Å². The molecule has 0 aromatic rings. The summed E-state index contributed by atoms with van der Waals surface area (Å²) in [5.74, 6) is 0.511. The van der Waals surface area contributed by atoms with Crippen LogP contribution in [-0.2, 0) is 4.74 Å². The second-order valence-corrected chi connectivity index (χ2v) is 4.25. The van der Waals surface area contributed by atoms with Crippen LogP contribution in [0.2, 0.25) is 0 Å². The maximum Gasteiger partial charge on any atom is 0.0642 e. The molecule has 2 aliphatic rings. The smallest absolute Gasteiger partial charge is 0.0642 e. The van der Waals surface area contributed by atoms with Crippen molar-refractivity contribution >= 4 is 0 Å². The first-order valence-electron chi connectivity index (χ1n) is 5.67. The Hall–Kier alpha value is -1.02. The summed E-state index contributed by atoms with van der Waals surface area (Å²) in [6, 6.07) is 0. The molecule has 15 heavy (non-hydrogen) atoms. The summed E-state index contributed by atoms with van der Waals surface area (Å²) in [4.78, 5) is 2.44. The van der Waals surface area contributed by atoms with E-state index in [0.29, 0.717) is 5.92 Å². The zero-order valence-corrected chi connectivity index (χ0v) is 9.57. The monoisotopic (exact) mass is 205 g/mol. The van der Waals surface area contributed by atoms with E-state index >= 15 is 0 Å². The van der Waals surface area contributed by atoms with Crippen molar-refractivity contribution in [2.75, 3.05) is 26.3 Å². The molecule has 0 aromatic heterocycles. The van der Waals surface area contributed by atoms with Gasteiger partial charge in [0, 0.05) is 24.7 Å². The highest BCUT2D eigenvalue weighted by Crippen LogP contribution is 2.22. The van der Waals surface area contributed by atoms with Crippen molar-refractivity contribution in [1.29, 1.82) is 0 Å². The van der Waals surface area contributed by atoms with Crippen LogP contribution in [0.5, 0.6) is 0 Å². The lowest BCUT2D eigenvalue weighted by Crippen LogP contribution is -2.37. The van der Waals surface area contributed by atoms with E-state index in [0.717, 1.165) is 26.3 Å². The molecular weight excluding hydrogens is 186 g/mol. The Morgan fingerprint density at radius 3 is 2.73 bits per heavy atom. The molecule has 1 aliphatic carbocycles. The van der Waals surface area contributed by atoms with E-state index in [1.807, 2.05) is 0 Å². The third-order valence-corrected chi connectivity index (χ3v) is 3.01. The van der Waals surface area contributed by atoms with Crippen LogP contribution in [0.25, 0.3) is 0 Å². The van der Waals surface area contributed by atoms with Crippen molar-refractivity contribution in [2.24, 2.45) is 5.92 Å². The van der Waals surface area contributed by atoms with Crippen molar-refractivity contribution in [3.05, 3.63) is 35.6 Å². The standard InChI is InChI=1S/C13H19NO/c1-11-3-5-12(2)13(6-4-11)14-7-9-15-10-8-14/h3-6,12H,7-10H2,1-2H3. The van der Waals surface area contributed by atoms with Crippen molar-refractivity contribution < 1.29 is 4.74 Å². The van der Waals surface area contributed by atoms with Crippen LogP contribution >= 0.6 is 0 Å². The Labute approximate surface area is 91.9 Å². The zero-order valence-electron chi connectivity index (χ0n) is 9.57. The highest BCUT2D eigenvalue weighted by atomic mass is 16.5. The van der Waals surface area contributed by atoms with E-state index in [1.165, 1.54) is 11.3 Å². The molecule has 0 N–H and O–H groups in total. The number of allylic oxidation sites excluding steroid dienone is 5. The molecule has 2 heteroatoms. The molecule has 0 spiro atoms. The van der Waals surface area contributed by atoms with Crippen molar-refractivity contribution in [2.45, 2.75) is 13.8 Å². The maximum absolute atomic E-state index is 5.38. The van der Waals surface area contributed by atoms with Gasteiger partial charge >= 0.3 is 0 Å². The molecule has 0 amide bonds. The Balaban J connectivity index is 2.15. The number of ether oxygens (including phenoxy) is 1. The number of rotatable bonds is 1. The molecular formula is C13H19NO. The lowest BCUT2D eigenvalue weighted by atomic mass is 10.1. The van der Waals surface area contributed by atoms with Gasteiger partial charge in [0.15, 0.2) is 0 Å². The van der Waals surface area contributed by atoms with Gasteiger partial charge in [-0.2, -0.15) is 0 Å². The second-order valence-electron chi connectivity index (χ2n) is 4.25. The van der Waals surface area contributed by atoms with Crippen molar-refractivity contribution in [1.82, 2.24) is 4.90 Å². The molecule has 0 radical (unpaired) electrons. The van der Waals surface area contributed by atoms with Crippen LogP contribution in [0.1, 0.15) is 13.8 Å². The molecule has 1 aliphatic heterocycles. The molecule has 1 atom stereocenters. The quantitative estimate of drug-likeness (QED) is 0.651. The van der Waals surface area contributed by atoms with Crippen LogP contribution < -0.4 is 0 Å². The highest BCUT2D eigenvalue weighted by molar-refractivity contribution is 5.31. The highest BCUT2D eigenvalue weighted by Gasteiger charge is 2.17. The molecule has 0 bridgehead atoms. The van der Waals surface area contributed by atoms with Gasteiger partial charge in [0.1, 0.15) is 0 Å². The summed E-state index contributed by atoms with van der Waals surface area (Å²) < 4.78 is 5.38. The fourth-order valence-electron chi connectivity index (χ4n) is 2.03. The van der Waals surface area contributed by atoms with Crippen LogP contribution in [0.4, 0.5) is 0 Å². The van der Waals surface area contributed by atoms with Crippen LogP contribution in [0, 0.1) is 5.92 Å². The Morgan fingerprint density at radius 2 is 2.00 bits per heavy atom. The van der Waals surface area contributed by atoms with Gasteiger partial charge in [-0.1, -0.05) is 30.7 Å². The van der Waals surface area contributed by atoms with Gasteiger partial charge in [-0.15, -0.1) is 0 Å². The van der Waals surface area contributed by atoms with Gasteiger partial charge in [-0.25, -0.2) is 0 Å². The maximum atomic E-state index is 5.38. The van der Waals surface area contributed by atoms with E-state index in [9.17, 15) is 0 Å². The lowest BCUT2D eigenvalue weighted by Gasteiger charge is -2.32. The fourth-order valence-corrected chi connectivity index (χ4v) is 2.03. The molecule has 1 fully saturated rings. The Bertz CT molecular complexity index is 308. The van der Waals surface area contributed by atoms with Gasteiger partial charge < -0.3 is 9.64 Å². The first-order valence-corrected chi connectivity index (χ1v) is 5.67. The molecule has 1 heterocycles. The minimum absolute atomic E-state index is 0.511. The van der Waals surface area contributed by atoms with Gasteiger partial charge in [-0.05, 0) is 13.0 Å². The average Bonchev–Trinajstić information content (AvgIpc) is 2.43. The van der Waals surface area contributed by atoms with E-state index in [4.69, 9.17) is 4.74 Å². The molecule has 0 saturated carbocycles. The zero-order chi connectivity index (χ0) is 10.7. The normalized spacial score (nSPS) is 27.1. The predicted molar refractivity (Wildman–Crippen MR) is 62.5 cm³/mol. The molecule has 0 aromatic carbocycles. The summed E-state index contributed by atoms with van der Waals surface area (Å²) >= 11 is 0. The van der Waals surface area contributed by atoms with Crippen molar-refractivity contribution in [3.63, 3.8) is 0 Å². The summed E-state index contributed by atoms with van der Waals surface area (Å²) in [6.45, 7) is 8.16. The van der Waals surface area contributed by atoms with Gasteiger partial charge in [0.05, 0.1) is 13.2 Å². The topological polar surface area (TPSA) is 12.5 Å². The lowest BCUT2D eigenvalue weighted by molar-refractivity contribution is 0.0504. The third-order valence-electron chi connectivity index (χ3n) is 3.01. The van der Waals surface area contributed by atoms with E-state index < -0.39 is 0 Å².